The molecule has 1 amide bonds. The Hall–Kier alpha value is -2.67. The third-order valence-corrected chi connectivity index (χ3v) is 5.16. The third kappa shape index (κ3) is 3.46. The van der Waals surface area contributed by atoms with Crippen molar-refractivity contribution in [3.8, 4) is 11.3 Å². The van der Waals surface area contributed by atoms with Crippen LogP contribution >= 0.6 is 0 Å². The number of rotatable bonds is 3. The second-order valence-corrected chi connectivity index (χ2v) is 7.65. The number of aromatic nitrogens is 1. The van der Waals surface area contributed by atoms with Crippen LogP contribution in [0.5, 0.6) is 0 Å². The van der Waals surface area contributed by atoms with E-state index in [4.69, 9.17) is 0 Å². The van der Waals surface area contributed by atoms with Crippen LogP contribution in [-0.2, 0) is 9.84 Å². The van der Waals surface area contributed by atoms with Gasteiger partial charge in [-0.25, -0.2) is 8.42 Å². The zero-order valence-electron chi connectivity index (χ0n) is 12.9. The van der Waals surface area contributed by atoms with E-state index in [2.05, 4.69) is 10.3 Å². The number of H-pyrrole nitrogens is 1. The molecule has 1 atom stereocenters. The van der Waals surface area contributed by atoms with Gasteiger partial charge in [-0.15, -0.1) is 0 Å². The summed E-state index contributed by atoms with van der Waals surface area (Å²) in [5, 5.41) is 3.61. The number of hydrogen-bond acceptors (Lipinski definition) is 4. The zero-order valence-corrected chi connectivity index (χ0v) is 13.8. The quantitative estimate of drug-likeness (QED) is 0.879. The van der Waals surface area contributed by atoms with Crippen LogP contribution in [0.4, 0.5) is 0 Å². The minimum absolute atomic E-state index is 0.0523. The number of pyridine rings is 1. The Morgan fingerprint density at radius 2 is 1.88 bits per heavy atom. The molecule has 0 spiro atoms. The van der Waals surface area contributed by atoms with E-state index in [9.17, 15) is 18.0 Å². The molecule has 0 fully saturated rings. The predicted octanol–water partition coefficient (Wildman–Crippen LogP) is 1.39. The number of aryl methyl sites for hydroxylation is 1. The summed E-state index contributed by atoms with van der Waals surface area (Å²) in [5.74, 6) is -0.781. The molecule has 2 N–H and O–H groups in total. The Labute approximate surface area is 139 Å². The average molecular weight is 344 g/mol. The van der Waals surface area contributed by atoms with Crippen molar-refractivity contribution in [3.05, 3.63) is 69.4 Å². The number of benzene rings is 1. The van der Waals surface area contributed by atoms with Crippen LogP contribution in [0.1, 0.15) is 15.9 Å². The molecule has 1 aromatic heterocycles. The fraction of sp³-hybridized carbons (Fsp3) is 0.176. The van der Waals surface area contributed by atoms with E-state index < -0.39 is 27.3 Å². The van der Waals surface area contributed by atoms with Gasteiger partial charge in [0, 0.05) is 11.1 Å². The highest BCUT2D eigenvalue weighted by Gasteiger charge is 2.24. The van der Waals surface area contributed by atoms with Crippen molar-refractivity contribution in [2.24, 2.45) is 0 Å². The van der Waals surface area contributed by atoms with E-state index in [1.807, 2.05) is 31.2 Å². The zero-order chi connectivity index (χ0) is 17.3. The summed E-state index contributed by atoms with van der Waals surface area (Å²) < 4.78 is 22.7. The van der Waals surface area contributed by atoms with Crippen LogP contribution in [0.25, 0.3) is 11.3 Å². The van der Waals surface area contributed by atoms with Crippen LogP contribution < -0.4 is 10.9 Å². The molecule has 0 bridgehead atoms. The van der Waals surface area contributed by atoms with Crippen LogP contribution in [0.3, 0.4) is 0 Å². The lowest BCUT2D eigenvalue weighted by Gasteiger charge is -2.10. The molecule has 0 unspecified atom stereocenters. The fourth-order valence-electron chi connectivity index (χ4n) is 2.47. The third-order valence-electron chi connectivity index (χ3n) is 3.76. The predicted molar refractivity (Wildman–Crippen MR) is 91.4 cm³/mol. The van der Waals surface area contributed by atoms with Gasteiger partial charge in [0.1, 0.15) is 5.56 Å². The normalized spacial score (nSPS) is 18.5. The molecule has 0 aliphatic carbocycles. The summed E-state index contributed by atoms with van der Waals surface area (Å²) in [5.41, 5.74) is 1.99. The minimum atomic E-state index is -3.26. The summed E-state index contributed by atoms with van der Waals surface area (Å²) in [7, 11) is -3.26. The average Bonchev–Trinajstić information content (AvgIpc) is 2.86. The number of sulfone groups is 1. The maximum absolute atomic E-state index is 12.2. The van der Waals surface area contributed by atoms with Gasteiger partial charge in [-0.1, -0.05) is 29.8 Å². The summed E-state index contributed by atoms with van der Waals surface area (Å²) in [6.07, 6.45) is 1.40. The van der Waals surface area contributed by atoms with Gasteiger partial charge in [-0.2, -0.15) is 0 Å². The first-order chi connectivity index (χ1) is 11.3. The lowest BCUT2D eigenvalue weighted by atomic mass is 10.1. The summed E-state index contributed by atoms with van der Waals surface area (Å²) in [4.78, 5) is 27.0. The number of carbonyl (C=O) groups excluding carboxylic acids is 1. The maximum atomic E-state index is 12.2. The smallest absolute Gasteiger partial charge is 0.261 e. The standard InChI is InChI=1S/C17H16N2O4S/c1-11-2-4-12(5-3-11)15-7-6-14(17(21)19-15)16(20)18-13-8-9-24(22,23)10-13/h2-9,13H,10H2,1H3,(H,18,20)(H,19,21)/t13-/m1/s1. The first-order valence-electron chi connectivity index (χ1n) is 7.36. The highest BCUT2D eigenvalue weighted by Crippen LogP contribution is 2.16. The summed E-state index contributed by atoms with van der Waals surface area (Å²) in [6.45, 7) is 1.97. The van der Waals surface area contributed by atoms with E-state index in [-0.39, 0.29) is 11.3 Å². The lowest BCUT2D eigenvalue weighted by molar-refractivity contribution is 0.0946. The number of amides is 1. The SMILES string of the molecule is Cc1ccc(-c2ccc(C(=O)N[C@@H]3C=CS(=O)(=O)C3)c(=O)[nH]2)cc1. The highest BCUT2D eigenvalue weighted by molar-refractivity contribution is 7.94. The molecule has 0 saturated heterocycles. The highest BCUT2D eigenvalue weighted by atomic mass is 32.2. The molecule has 2 aromatic rings. The first-order valence-corrected chi connectivity index (χ1v) is 9.08. The molecule has 0 saturated carbocycles. The van der Waals surface area contributed by atoms with Crippen LogP contribution in [0, 0.1) is 6.92 Å². The number of hydrogen-bond donors (Lipinski definition) is 2. The van der Waals surface area contributed by atoms with Gasteiger partial charge >= 0.3 is 0 Å². The number of nitrogens with one attached hydrogen (secondary N) is 2. The molecular formula is C17H16N2O4S. The molecule has 0 radical (unpaired) electrons. The Morgan fingerprint density at radius 3 is 2.46 bits per heavy atom. The van der Waals surface area contributed by atoms with Crippen LogP contribution in [-0.4, -0.2) is 31.1 Å². The molecular weight excluding hydrogens is 328 g/mol. The largest absolute Gasteiger partial charge is 0.345 e. The fourth-order valence-corrected chi connectivity index (χ4v) is 3.70. The lowest BCUT2D eigenvalue weighted by Crippen LogP contribution is -2.38. The second kappa shape index (κ2) is 6.09. The Bertz CT molecular complexity index is 972. The van der Waals surface area contributed by atoms with E-state index in [0.717, 1.165) is 16.5 Å². The first kappa shape index (κ1) is 16.2. The van der Waals surface area contributed by atoms with Crippen molar-refractivity contribution < 1.29 is 13.2 Å². The van der Waals surface area contributed by atoms with Gasteiger partial charge in [0.25, 0.3) is 11.5 Å². The van der Waals surface area contributed by atoms with Gasteiger partial charge in [0.15, 0.2) is 9.84 Å². The van der Waals surface area contributed by atoms with Crippen LogP contribution in [0.15, 0.2) is 52.7 Å². The van der Waals surface area contributed by atoms with Gasteiger partial charge in [0.2, 0.25) is 0 Å². The molecule has 7 heteroatoms. The van der Waals surface area contributed by atoms with E-state index in [0.29, 0.717) is 5.69 Å². The number of carbonyl (C=O) groups is 1. The van der Waals surface area contributed by atoms with Crippen molar-refractivity contribution in [2.75, 3.05) is 5.75 Å². The summed E-state index contributed by atoms with van der Waals surface area (Å²) in [6, 6.07) is 10.1. The van der Waals surface area contributed by atoms with Crippen molar-refractivity contribution in [2.45, 2.75) is 13.0 Å². The molecule has 124 valence electrons. The topological polar surface area (TPSA) is 96.1 Å². The van der Waals surface area contributed by atoms with Crippen molar-refractivity contribution in [1.29, 1.82) is 0 Å². The summed E-state index contributed by atoms with van der Waals surface area (Å²) >= 11 is 0. The monoisotopic (exact) mass is 344 g/mol. The molecule has 1 aliphatic rings. The van der Waals surface area contributed by atoms with Crippen molar-refractivity contribution >= 4 is 15.7 Å². The van der Waals surface area contributed by atoms with E-state index in [1.54, 1.807) is 6.07 Å². The van der Waals surface area contributed by atoms with Crippen LogP contribution in [0.2, 0.25) is 0 Å². The molecule has 1 aromatic carbocycles. The van der Waals surface area contributed by atoms with Gasteiger partial charge in [-0.05, 0) is 30.7 Å². The molecule has 3 rings (SSSR count). The van der Waals surface area contributed by atoms with Gasteiger partial charge in [-0.3, -0.25) is 9.59 Å². The Morgan fingerprint density at radius 1 is 1.17 bits per heavy atom. The maximum Gasteiger partial charge on any atom is 0.261 e. The second-order valence-electron chi connectivity index (χ2n) is 5.72. The Balaban J connectivity index is 1.80. The van der Waals surface area contributed by atoms with Crippen molar-refractivity contribution in [1.82, 2.24) is 10.3 Å². The van der Waals surface area contributed by atoms with Gasteiger partial charge < -0.3 is 10.3 Å². The Kier molecular flexibility index (Phi) is 4.11. The van der Waals surface area contributed by atoms with Crippen molar-refractivity contribution in [3.63, 3.8) is 0 Å². The molecule has 2 heterocycles. The minimum Gasteiger partial charge on any atom is -0.345 e. The van der Waals surface area contributed by atoms with E-state index in [1.165, 1.54) is 12.1 Å². The number of aromatic amines is 1. The molecule has 1 aliphatic heterocycles. The molecule has 24 heavy (non-hydrogen) atoms. The molecule has 6 nitrogen and oxygen atoms in total. The van der Waals surface area contributed by atoms with Gasteiger partial charge in [0.05, 0.1) is 11.8 Å². The van der Waals surface area contributed by atoms with E-state index >= 15 is 0 Å².